The Morgan fingerprint density at radius 3 is 2.58 bits per heavy atom. The van der Waals surface area contributed by atoms with Crippen molar-refractivity contribution in [3.05, 3.63) is 53.7 Å². The summed E-state index contributed by atoms with van der Waals surface area (Å²) < 4.78 is 99.1. The van der Waals surface area contributed by atoms with E-state index in [2.05, 4.69) is 32.6 Å². The molecule has 0 radical (unpaired) electrons. The number of amides is 1. The third-order valence-electron chi connectivity index (χ3n) is 6.50. The van der Waals surface area contributed by atoms with Crippen LogP contribution < -0.4 is 20.7 Å². The Morgan fingerprint density at radius 2 is 1.91 bits per heavy atom. The van der Waals surface area contributed by atoms with Crippen molar-refractivity contribution >= 4 is 40.5 Å². The van der Waals surface area contributed by atoms with Crippen molar-refractivity contribution in [3.63, 3.8) is 0 Å². The Labute approximate surface area is 256 Å². The van der Waals surface area contributed by atoms with Crippen molar-refractivity contribution in [2.45, 2.75) is 35.3 Å². The lowest BCUT2D eigenvalue weighted by Crippen LogP contribution is -2.45. The predicted octanol–water partition coefficient (Wildman–Crippen LogP) is 5.23. The number of nitrogens with one attached hydrogen (secondary N) is 3. The lowest BCUT2D eigenvalue weighted by atomic mass is 10.0. The summed E-state index contributed by atoms with van der Waals surface area (Å²) in [6.45, 7) is 0.592. The molecule has 17 heteroatoms. The van der Waals surface area contributed by atoms with E-state index >= 15 is 0 Å². The number of ether oxygens (including phenoxy) is 1. The number of rotatable bonds is 7. The second-order valence-corrected chi connectivity index (χ2v) is 10.7. The molecule has 1 aromatic carbocycles. The second-order valence-electron chi connectivity index (χ2n) is 9.60. The Kier molecular flexibility index (Phi) is 10.3. The van der Waals surface area contributed by atoms with Crippen molar-refractivity contribution in [2.75, 3.05) is 44.4 Å². The Balaban J connectivity index is 1.56. The van der Waals surface area contributed by atoms with Crippen LogP contribution in [0.3, 0.4) is 0 Å². The highest BCUT2D eigenvalue weighted by Gasteiger charge is 2.43. The summed E-state index contributed by atoms with van der Waals surface area (Å²) in [4.78, 5) is 27.7. The van der Waals surface area contributed by atoms with E-state index in [0.717, 1.165) is 7.05 Å². The molecule has 0 bridgehead atoms. The van der Waals surface area contributed by atoms with Gasteiger partial charge in [0.05, 0.1) is 42.2 Å². The number of methoxy groups -OCH3 is 1. The van der Waals surface area contributed by atoms with Crippen LogP contribution in [0.15, 0.2) is 47.6 Å². The second kappa shape index (κ2) is 13.8. The third kappa shape index (κ3) is 8.45. The fourth-order valence-electron chi connectivity index (χ4n) is 4.44. The Bertz CT molecular complexity index is 1620. The molecular weight excluding hydrogens is 635 g/mol. The largest absolute Gasteiger partial charge is 0.495 e. The summed E-state index contributed by atoms with van der Waals surface area (Å²) in [5, 5.41) is 8.83. The highest BCUT2D eigenvalue weighted by atomic mass is 32.2. The van der Waals surface area contributed by atoms with Gasteiger partial charge in [-0.25, -0.2) is 9.18 Å². The molecule has 1 amide bonds. The van der Waals surface area contributed by atoms with Crippen LogP contribution in [0.25, 0.3) is 5.52 Å². The average Bonchev–Trinajstić information content (AvgIpc) is 3.31. The van der Waals surface area contributed by atoms with E-state index < -0.39 is 35.8 Å². The summed E-state index contributed by atoms with van der Waals surface area (Å²) >= 11 is -0.347. The molecular formula is C28H26F7N5O4S. The number of piperidine rings is 1. The number of thioether (sulfide) groups is 1. The molecule has 4 rings (SSSR count). The maximum absolute atomic E-state index is 14.4. The van der Waals surface area contributed by atoms with Crippen LogP contribution in [0.5, 0.6) is 5.75 Å². The van der Waals surface area contributed by atoms with Gasteiger partial charge in [-0.15, -0.1) is 0 Å². The molecule has 1 aliphatic heterocycles. The van der Waals surface area contributed by atoms with Gasteiger partial charge in [-0.3, -0.25) is 4.79 Å². The molecule has 242 valence electrons. The highest BCUT2D eigenvalue weighted by molar-refractivity contribution is 8.00. The van der Waals surface area contributed by atoms with Gasteiger partial charge in [0.1, 0.15) is 16.9 Å². The zero-order chi connectivity index (χ0) is 32.9. The number of hydrogen-bond acceptors (Lipinski definition) is 8. The fraction of sp³-hybridized carbons (Fsp3) is 0.357. The smallest absolute Gasteiger partial charge is 0.493 e. The first kappa shape index (κ1) is 33.6. The standard InChI is InChI=1S/C28H26F7N5O4S/c1-39(44-26(42)27(30,31)32)24(41)16-7-8-23(43-2)21(13-16)37-10-3-5-17-14-22-20(38-19-9-11-36-15-18(19)29)6-4-12-40(22)25(17)45-28(33,34)35/h4,6-8,12-14,18-19,36-38H,9-11,15H2,1-2H3/t18-,19+/m0/s1. The maximum Gasteiger partial charge on any atom is 0.493 e. The van der Waals surface area contributed by atoms with E-state index in [1.54, 1.807) is 12.1 Å². The van der Waals surface area contributed by atoms with Gasteiger partial charge < -0.3 is 29.9 Å². The first-order valence-electron chi connectivity index (χ1n) is 13.2. The first-order valence-corrected chi connectivity index (χ1v) is 14.0. The number of fused-ring (bicyclic) bond motifs is 1. The van der Waals surface area contributed by atoms with Gasteiger partial charge in [-0.1, -0.05) is 11.8 Å². The minimum absolute atomic E-state index is 0.0551. The molecule has 0 aliphatic carbocycles. The molecule has 2 aromatic heterocycles. The number of carbonyl (C=O) groups excluding carboxylic acids is 2. The topological polar surface area (TPSA) is 96.3 Å². The van der Waals surface area contributed by atoms with Gasteiger partial charge in [0.25, 0.3) is 5.91 Å². The monoisotopic (exact) mass is 661 g/mol. The zero-order valence-corrected chi connectivity index (χ0v) is 24.4. The molecule has 0 spiro atoms. The number of hydrogen-bond donors (Lipinski definition) is 3. The number of alkyl halides is 7. The maximum atomic E-state index is 14.4. The fourth-order valence-corrected chi connectivity index (χ4v) is 5.14. The van der Waals surface area contributed by atoms with Crippen LogP contribution in [0.2, 0.25) is 0 Å². The summed E-state index contributed by atoms with van der Waals surface area (Å²) in [7, 11) is 2.15. The highest BCUT2D eigenvalue weighted by Crippen LogP contribution is 2.41. The zero-order valence-electron chi connectivity index (χ0n) is 23.6. The molecule has 1 aliphatic rings. The van der Waals surface area contributed by atoms with Gasteiger partial charge in [-0.2, -0.15) is 31.4 Å². The predicted molar refractivity (Wildman–Crippen MR) is 152 cm³/mol. The SMILES string of the molecule is COc1ccc(C(=O)N(C)OC(=O)C(F)(F)F)cc1NCC#Cc1cc2c(N[C@@H]3CCNC[C@@H]3F)cccn2c1SC(F)(F)F. The van der Waals surface area contributed by atoms with Gasteiger partial charge in [0.15, 0.2) is 0 Å². The number of pyridine rings is 1. The Hall–Kier alpha value is -4.30. The average molecular weight is 662 g/mol. The summed E-state index contributed by atoms with van der Waals surface area (Å²) in [6.07, 6.45) is -4.57. The van der Waals surface area contributed by atoms with E-state index in [1.165, 1.54) is 42.0 Å². The van der Waals surface area contributed by atoms with Crippen LogP contribution in [-0.2, 0) is 9.63 Å². The van der Waals surface area contributed by atoms with E-state index in [9.17, 15) is 40.3 Å². The van der Waals surface area contributed by atoms with E-state index in [-0.39, 0.29) is 57.5 Å². The Morgan fingerprint density at radius 1 is 1.16 bits per heavy atom. The molecule has 2 atom stereocenters. The number of aromatic nitrogens is 1. The van der Waals surface area contributed by atoms with Gasteiger partial charge >= 0.3 is 17.7 Å². The van der Waals surface area contributed by atoms with Crippen LogP contribution in [0.4, 0.5) is 42.1 Å². The number of carbonyl (C=O) groups is 2. The molecule has 3 N–H and O–H groups in total. The molecule has 0 unspecified atom stereocenters. The van der Waals surface area contributed by atoms with Crippen LogP contribution in [-0.4, -0.2) is 79.0 Å². The summed E-state index contributed by atoms with van der Waals surface area (Å²) in [5.41, 5.74) is -3.76. The first-order chi connectivity index (χ1) is 21.2. The van der Waals surface area contributed by atoms with Crippen molar-refractivity contribution in [2.24, 2.45) is 0 Å². The van der Waals surface area contributed by atoms with Crippen molar-refractivity contribution < 1.29 is 49.9 Å². The minimum Gasteiger partial charge on any atom is -0.495 e. The molecule has 3 heterocycles. The minimum atomic E-state index is -5.31. The third-order valence-corrected chi connectivity index (χ3v) is 7.34. The summed E-state index contributed by atoms with van der Waals surface area (Å²) in [6, 6.07) is 7.91. The van der Waals surface area contributed by atoms with Crippen molar-refractivity contribution in [1.82, 2.24) is 14.8 Å². The van der Waals surface area contributed by atoms with Gasteiger partial charge in [0.2, 0.25) is 0 Å². The molecule has 1 fully saturated rings. The number of nitrogens with zero attached hydrogens (tertiary/aromatic N) is 2. The van der Waals surface area contributed by atoms with Crippen molar-refractivity contribution in [1.29, 1.82) is 0 Å². The molecule has 1 saturated heterocycles. The van der Waals surface area contributed by atoms with Crippen LogP contribution in [0.1, 0.15) is 22.3 Å². The van der Waals surface area contributed by atoms with Crippen LogP contribution >= 0.6 is 11.8 Å². The van der Waals surface area contributed by atoms with Crippen molar-refractivity contribution in [3.8, 4) is 17.6 Å². The van der Waals surface area contributed by atoms with E-state index in [4.69, 9.17) is 4.74 Å². The lowest BCUT2D eigenvalue weighted by Gasteiger charge is -2.28. The quantitative estimate of drug-likeness (QED) is 0.137. The number of benzene rings is 1. The van der Waals surface area contributed by atoms with Gasteiger partial charge in [-0.05, 0) is 49.4 Å². The number of halogens is 7. The van der Waals surface area contributed by atoms with E-state index in [1.807, 2.05) is 0 Å². The van der Waals surface area contributed by atoms with Gasteiger partial charge in [0, 0.05) is 37.1 Å². The number of hydroxylamine groups is 2. The normalized spacial score (nSPS) is 16.8. The van der Waals surface area contributed by atoms with E-state index in [0.29, 0.717) is 24.2 Å². The summed E-state index contributed by atoms with van der Waals surface area (Å²) in [5.74, 6) is 2.00. The molecule has 45 heavy (non-hydrogen) atoms. The lowest BCUT2D eigenvalue weighted by molar-refractivity contribution is -0.225. The molecule has 0 saturated carbocycles. The molecule has 3 aromatic rings. The number of anilines is 2. The van der Waals surface area contributed by atoms with Crippen LogP contribution in [0, 0.1) is 11.8 Å². The molecule has 9 nitrogen and oxygen atoms in total.